The van der Waals surface area contributed by atoms with E-state index in [4.69, 9.17) is 9.26 Å². The average Bonchev–Trinajstić information content (AvgIpc) is 3.09. The Morgan fingerprint density at radius 3 is 2.68 bits per heavy atom. The maximum absolute atomic E-state index is 11.9. The van der Waals surface area contributed by atoms with Crippen LogP contribution in [0.2, 0.25) is 0 Å². The lowest BCUT2D eigenvalue weighted by atomic mass is 10.1. The monoisotopic (exact) mass is 337 g/mol. The Hall–Kier alpha value is -3.15. The Morgan fingerprint density at radius 2 is 2.00 bits per heavy atom. The highest BCUT2D eigenvalue weighted by atomic mass is 16.5. The predicted molar refractivity (Wildman–Crippen MR) is 93.1 cm³/mol. The third-order valence-electron chi connectivity index (χ3n) is 3.48. The summed E-state index contributed by atoms with van der Waals surface area (Å²) in [7, 11) is 0. The van der Waals surface area contributed by atoms with Crippen molar-refractivity contribution in [2.75, 3.05) is 0 Å². The van der Waals surface area contributed by atoms with Crippen LogP contribution >= 0.6 is 0 Å². The SMILES string of the molecule is CC(C)NC(=O)c1ccc(OCc2conc2-c2ccccc2)nc1. The number of nitrogens with one attached hydrogen (secondary N) is 1. The first-order valence-corrected chi connectivity index (χ1v) is 8.02. The van der Waals surface area contributed by atoms with Crippen molar-refractivity contribution in [1.29, 1.82) is 0 Å². The van der Waals surface area contributed by atoms with Crippen molar-refractivity contribution in [3.8, 4) is 17.1 Å². The van der Waals surface area contributed by atoms with Gasteiger partial charge in [0.2, 0.25) is 5.88 Å². The van der Waals surface area contributed by atoms with Gasteiger partial charge in [-0.2, -0.15) is 0 Å². The number of rotatable bonds is 6. The molecule has 25 heavy (non-hydrogen) atoms. The lowest BCUT2D eigenvalue weighted by molar-refractivity contribution is 0.0942. The van der Waals surface area contributed by atoms with E-state index in [0.29, 0.717) is 11.4 Å². The molecule has 1 N–H and O–H groups in total. The molecule has 3 rings (SSSR count). The highest BCUT2D eigenvalue weighted by molar-refractivity contribution is 5.94. The van der Waals surface area contributed by atoms with Crippen LogP contribution in [0.1, 0.15) is 29.8 Å². The first kappa shape index (κ1) is 16.7. The van der Waals surface area contributed by atoms with E-state index in [-0.39, 0.29) is 18.6 Å². The second-order valence-electron chi connectivity index (χ2n) is 5.86. The Labute approximate surface area is 145 Å². The van der Waals surface area contributed by atoms with Crippen LogP contribution in [0, 0.1) is 0 Å². The van der Waals surface area contributed by atoms with Crippen molar-refractivity contribution in [2.45, 2.75) is 26.5 Å². The molecule has 0 fully saturated rings. The van der Waals surface area contributed by atoms with Gasteiger partial charge in [-0.25, -0.2) is 4.98 Å². The van der Waals surface area contributed by atoms with Crippen molar-refractivity contribution in [3.05, 3.63) is 66.1 Å². The van der Waals surface area contributed by atoms with Crippen molar-refractivity contribution >= 4 is 5.91 Å². The van der Waals surface area contributed by atoms with Crippen LogP contribution in [0.15, 0.2) is 59.4 Å². The fourth-order valence-electron chi connectivity index (χ4n) is 2.29. The molecule has 2 aromatic heterocycles. The van der Waals surface area contributed by atoms with Crippen LogP contribution in [-0.2, 0) is 6.61 Å². The minimum atomic E-state index is -0.153. The summed E-state index contributed by atoms with van der Waals surface area (Å²) >= 11 is 0. The molecule has 0 unspecified atom stereocenters. The van der Waals surface area contributed by atoms with E-state index in [2.05, 4.69) is 15.5 Å². The summed E-state index contributed by atoms with van der Waals surface area (Å²) in [6.07, 6.45) is 3.06. The predicted octanol–water partition coefficient (Wildman–Crippen LogP) is 3.45. The van der Waals surface area contributed by atoms with Crippen LogP contribution < -0.4 is 10.1 Å². The van der Waals surface area contributed by atoms with E-state index in [0.717, 1.165) is 16.8 Å². The number of hydrogen-bond acceptors (Lipinski definition) is 5. The molecule has 2 heterocycles. The van der Waals surface area contributed by atoms with Gasteiger partial charge >= 0.3 is 0 Å². The lowest BCUT2D eigenvalue weighted by Gasteiger charge is -2.09. The zero-order valence-electron chi connectivity index (χ0n) is 14.1. The van der Waals surface area contributed by atoms with Crippen molar-refractivity contribution in [2.24, 2.45) is 0 Å². The maximum Gasteiger partial charge on any atom is 0.253 e. The highest BCUT2D eigenvalue weighted by Gasteiger charge is 2.12. The van der Waals surface area contributed by atoms with E-state index < -0.39 is 0 Å². The van der Waals surface area contributed by atoms with Crippen molar-refractivity contribution in [1.82, 2.24) is 15.5 Å². The fraction of sp³-hybridized carbons (Fsp3) is 0.211. The van der Waals surface area contributed by atoms with Gasteiger partial charge in [-0.1, -0.05) is 35.5 Å². The third kappa shape index (κ3) is 4.23. The van der Waals surface area contributed by atoms with E-state index in [1.165, 1.54) is 6.20 Å². The molecule has 1 aromatic carbocycles. The Morgan fingerprint density at radius 1 is 1.20 bits per heavy atom. The number of amides is 1. The quantitative estimate of drug-likeness (QED) is 0.745. The largest absolute Gasteiger partial charge is 0.473 e. The molecule has 0 radical (unpaired) electrons. The number of benzene rings is 1. The van der Waals surface area contributed by atoms with Crippen LogP contribution in [0.3, 0.4) is 0 Å². The Balaban J connectivity index is 1.65. The van der Waals surface area contributed by atoms with Gasteiger partial charge in [0.1, 0.15) is 18.6 Å². The number of hydrogen-bond donors (Lipinski definition) is 1. The molecule has 3 aromatic rings. The first-order valence-electron chi connectivity index (χ1n) is 8.02. The number of carbonyl (C=O) groups excluding carboxylic acids is 1. The average molecular weight is 337 g/mol. The molecule has 0 aliphatic heterocycles. The van der Waals surface area contributed by atoms with Gasteiger partial charge in [-0.05, 0) is 19.9 Å². The van der Waals surface area contributed by atoms with Gasteiger partial charge in [0.05, 0.1) is 11.1 Å². The zero-order chi connectivity index (χ0) is 17.6. The molecular formula is C19H19N3O3. The molecule has 6 heteroatoms. The van der Waals surface area contributed by atoms with Gasteiger partial charge in [0.25, 0.3) is 5.91 Å². The summed E-state index contributed by atoms with van der Waals surface area (Å²) in [5.74, 6) is 0.278. The standard InChI is InChI=1S/C19H19N3O3/c1-13(2)21-19(23)15-8-9-17(20-10-15)24-11-16-12-25-22-18(16)14-6-4-3-5-7-14/h3-10,12-13H,11H2,1-2H3,(H,21,23). The molecule has 0 saturated carbocycles. The topological polar surface area (TPSA) is 77.2 Å². The fourth-order valence-corrected chi connectivity index (χ4v) is 2.29. The summed E-state index contributed by atoms with van der Waals surface area (Å²) in [6.45, 7) is 4.09. The van der Waals surface area contributed by atoms with Gasteiger partial charge < -0.3 is 14.6 Å². The normalized spacial score (nSPS) is 10.7. The Bertz CT molecular complexity index is 827. The van der Waals surface area contributed by atoms with Crippen LogP contribution in [-0.4, -0.2) is 22.1 Å². The number of pyridine rings is 1. The zero-order valence-corrected chi connectivity index (χ0v) is 14.1. The molecule has 0 aliphatic rings. The summed E-state index contributed by atoms with van der Waals surface area (Å²) in [5.41, 5.74) is 3.03. The minimum absolute atomic E-state index is 0.0772. The van der Waals surface area contributed by atoms with Gasteiger partial charge in [0, 0.05) is 23.9 Å². The summed E-state index contributed by atoms with van der Waals surface area (Å²) in [4.78, 5) is 16.1. The number of nitrogens with zero attached hydrogens (tertiary/aromatic N) is 2. The smallest absolute Gasteiger partial charge is 0.253 e. The number of aromatic nitrogens is 2. The second-order valence-corrected chi connectivity index (χ2v) is 5.86. The number of ether oxygens (including phenoxy) is 1. The van der Waals surface area contributed by atoms with Gasteiger partial charge in [-0.15, -0.1) is 0 Å². The molecular weight excluding hydrogens is 318 g/mol. The van der Waals surface area contributed by atoms with Gasteiger partial charge in [0.15, 0.2) is 0 Å². The second kappa shape index (κ2) is 7.61. The number of carbonyl (C=O) groups is 1. The summed E-state index contributed by atoms with van der Waals surface area (Å²) in [6, 6.07) is 13.2. The Kier molecular flexibility index (Phi) is 5.09. The molecule has 128 valence electrons. The molecule has 6 nitrogen and oxygen atoms in total. The maximum atomic E-state index is 11.9. The molecule has 1 amide bonds. The lowest BCUT2D eigenvalue weighted by Crippen LogP contribution is -2.30. The molecule has 0 atom stereocenters. The minimum Gasteiger partial charge on any atom is -0.473 e. The van der Waals surface area contributed by atoms with Crippen LogP contribution in [0.4, 0.5) is 0 Å². The molecule has 0 bridgehead atoms. The molecule has 0 saturated heterocycles. The highest BCUT2D eigenvalue weighted by Crippen LogP contribution is 2.23. The van der Waals surface area contributed by atoms with E-state index >= 15 is 0 Å². The van der Waals surface area contributed by atoms with Gasteiger partial charge in [-0.3, -0.25) is 4.79 Å². The van der Waals surface area contributed by atoms with Crippen LogP contribution in [0.25, 0.3) is 11.3 Å². The van der Waals surface area contributed by atoms with Crippen molar-refractivity contribution < 1.29 is 14.1 Å². The first-order chi connectivity index (χ1) is 12.1. The summed E-state index contributed by atoms with van der Waals surface area (Å²) in [5, 5.41) is 6.85. The van der Waals surface area contributed by atoms with E-state index in [1.54, 1.807) is 18.4 Å². The van der Waals surface area contributed by atoms with Crippen LogP contribution in [0.5, 0.6) is 5.88 Å². The van der Waals surface area contributed by atoms with E-state index in [1.807, 2.05) is 44.2 Å². The summed E-state index contributed by atoms with van der Waals surface area (Å²) < 4.78 is 10.8. The third-order valence-corrected chi connectivity index (χ3v) is 3.48. The molecule has 0 spiro atoms. The van der Waals surface area contributed by atoms with Crippen molar-refractivity contribution in [3.63, 3.8) is 0 Å². The molecule has 0 aliphatic carbocycles. The van der Waals surface area contributed by atoms with E-state index in [9.17, 15) is 4.79 Å².